The van der Waals surface area contributed by atoms with Gasteiger partial charge in [-0.25, -0.2) is 4.79 Å². The van der Waals surface area contributed by atoms with E-state index in [1.807, 2.05) is 0 Å². The molecule has 3 rings (SSSR count). The molecule has 0 N–H and O–H groups in total. The number of rotatable bonds is 4. The van der Waals surface area contributed by atoms with Gasteiger partial charge < -0.3 is 9.47 Å². The monoisotopic (exact) mass is 359 g/mol. The number of amides is 1. The van der Waals surface area contributed by atoms with Crippen LogP contribution in [-0.2, 0) is 14.3 Å². The number of benzene rings is 1. The lowest BCUT2D eigenvalue weighted by Gasteiger charge is -2.35. The number of fused-ring (bicyclic) bond motifs is 1. The van der Waals surface area contributed by atoms with Crippen molar-refractivity contribution in [3.05, 3.63) is 40.6 Å². The predicted octanol–water partition coefficient (Wildman–Crippen LogP) is 2.03. The maximum absolute atomic E-state index is 12.5. The molecule has 9 heteroatoms. The third-order valence-electron chi connectivity index (χ3n) is 4.40. The first-order valence-electron chi connectivity index (χ1n) is 7.98. The zero-order valence-electron chi connectivity index (χ0n) is 14.3. The highest BCUT2D eigenvalue weighted by molar-refractivity contribution is 5.93. The Morgan fingerprint density at radius 3 is 2.77 bits per heavy atom. The van der Waals surface area contributed by atoms with E-state index in [-0.39, 0.29) is 34.7 Å². The van der Waals surface area contributed by atoms with Gasteiger partial charge in [0.25, 0.3) is 11.4 Å². The number of carbonyl (C=O) groups excluding carboxylic acids is 2. The Labute approximate surface area is 148 Å². The van der Waals surface area contributed by atoms with Gasteiger partial charge >= 0.3 is 5.97 Å². The summed E-state index contributed by atoms with van der Waals surface area (Å²) in [5, 5.41) is 11.5. The molecule has 9 nitrogen and oxygen atoms in total. The van der Waals surface area contributed by atoms with E-state index in [1.165, 1.54) is 37.3 Å². The van der Waals surface area contributed by atoms with Crippen molar-refractivity contribution in [3.8, 4) is 5.75 Å². The third-order valence-corrected chi connectivity index (χ3v) is 4.40. The van der Waals surface area contributed by atoms with Crippen molar-refractivity contribution in [2.75, 3.05) is 13.7 Å². The Bertz CT molecular complexity index is 899. The summed E-state index contributed by atoms with van der Waals surface area (Å²) < 4.78 is 10.9. The minimum Gasteiger partial charge on any atom is -0.465 e. The van der Waals surface area contributed by atoms with Crippen molar-refractivity contribution >= 4 is 28.5 Å². The molecule has 0 spiro atoms. The van der Waals surface area contributed by atoms with Gasteiger partial charge in [0, 0.05) is 32.2 Å². The number of hydrogen-bond acceptors (Lipinski definition) is 7. The first-order chi connectivity index (χ1) is 12.4. The normalized spacial score (nSPS) is 19.4. The number of methoxy groups -OCH3 is 1. The van der Waals surface area contributed by atoms with Crippen molar-refractivity contribution in [3.63, 3.8) is 0 Å². The fraction of sp³-hybridized carbons (Fsp3) is 0.353. The van der Waals surface area contributed by atoms with E-state index in [4.69, 9.17) is 9.47 Å². The molecular weight excluding hydrogens is 342 g/mol. The Morgan fingerprint density at radius 2 is 2.12 bits per heavy atom. The molecule has 1 amide bonds. The van der Waals surface area contributed by atoms with Crippen LogP contribution in [0.3, 0.4) is 0 Å². The molecule has 1 aromatic heterocycles. The maximum atomic E-state index is 12.5. The molecule has 1 atom stereocenters. The second-order valence-corrected chi connectivity index (χ2v) is 5.89. The Hall–Kier alpha value is -3.23. The summed E-state index contributed by atoms with van der Waals surface area (Å²) in [4.78, 5) is 40.7. The number of likely N-dealkylation sites (tertiary alicyclic amines) is 1. The summed E-state index contributed by atoms with van der Waals surface area (Å²) in [5.74, 6) is -0.857. The lowest BCUT2D eigenvalue weighted by molar-refractivity contribution is -0.383. The first-order valence-corrected chi connectivity index (χ1v) is 7.98. The summed E-state index contributed by atoms with van der Waals surface area (Å²) in [6, 6.07) is 5.80. The molecule has 136 valence electrons. The number of carbonyl (C=O) groups is 2. The van der Waals surface area contributed by atoms with Crippen molar-refractivity contribution < 1.29 is 24.0 Å². The topological polar surface area (TPSA) is 112 Å². The lowest BCUT2D eigenvalue weighted by Crippen LogP contribution is -2.57. The molecule has 1 saturated heterocycles. The van der Waals surface area contributed by atoms with Crippen LogP contribution in [-0.4, -0.2) is 46.1 Å². The Balaban J connectivity index is 2.14. The van der Waals surface area contributed by atoms with E-state index in [2.05, 4.69) is 4.98 Å². The van der Waals surface area contributed by atoms with Crippen LogP contribution in [0.5, 0.6) is 5.75 Å². The van der Waals surface area contributed by atoms with Crippen LogP contribution in [0.4, 0.5) is 5.69 Å². The van der Waals surface area contributed by atoms with Gasteiger partial charge in [-0.1, -0.05) is 0 Å². The highest BCUT2D eigenvalue weighted by atomic mass is 16.6. The number of non-ortho nitro benzene ring substituents is 1. The fourth-order valence-electron chi connectivity index (χ4n) is 3.28. The summed E-state index contributed by atoms with van der Waals surface area (Å²) >= 11 is 0. The van der Waals surface area contributed by atoms with Gasteiger partial charge in [0.1, 0.15) is 11.3 Å². The highest BCUT2D eigenvalue weighted by Gasteiger charge is 2.53. The predicted molar refractivity (Wildman–Crippen MR) is 90.4 cm³/mol. The van der Waals surface area contributed by atoms with Gasteiger partial charge in [0.15, 0.2) is 0 Å². The van der Waals surface area contributed by atoms with E-state index in [0.29, 0.717) is 13.0 Å². The van der Waals surface area contributed by atoms with E-state index >= 15 is 0 Å². The van der Waals surface area contributed by atoms with E-state index in [0.717, 1.165) is 0 Å². The largest absolute Gasteiger partial charge is 0.465 e. The van der Waals surface area contributed by atoms with Crippen molar-refractivity contribution in [2.24, 2.45) is 0 Å². The molecule has 2 heterocycles. The van der Waals surface area contributed by atoms with Gasteiger partial charge in [-0.2, -0.15) is 0 Å². The van der Waals surface area contributed by atoms with Crippen LogP contribution >= 0.6 is 0 Å². The number of hydrogen-bond donors (Lipinski definition) is 0. The number of aromatic nitrogens is 1. The SMILES string of the molecule is COC(=O)[C@]1(Oc2ccc([N+](=O)[O-])c3cccnc23)CCCN1C(C)=O. The van der Waals surface area contributed by atoms with E-state index in [1.54, 1.807) is 12.1 Å². The average molecular weight is 359 g/mol. The number of nitro groups is 1. The van der Waals surface area contributed by atoms with E-state index in [9.17, 15) is 19.7 Å². The van der Waals surface area contributed by atoms with Crippen LogP contribution in [0, 0.1) is 10.1 Å². The summed E-state index contributed by atoms with van der Waals surface area (Å²) in [6.07, 6.45) is 2.29. The molecule has 1 fully saturated rings. The minimum absolute atomic E-state index is 0.123. The number of nitrogens with zero attached hydrogens (tertiary/aromatic N) is 3. The minimum atomic E-state index is -1.61. The molecule has 26 heavy (non-hydrogen) atoms. The summed E-state index contributed by atoms with van der Waals surface area (Å²) in [6.45, 7) is 1.70. The quantitative estimate of drug-likeness (QED) is 0.466. The van der Waals surface area contributed by atoms with E-state index < -0.39 is 16.6 Å². The lowest BCUT2D eigenvalue weighted by atomic mass is 10.1. The highest BCUT2D eigenvalue weighted by Crippen LogP contribution is 2.38. The number of nitro benzene ring substituents is 1. The smallest absolute Gasteiger partial charge is 0.372 e. The molecule has 0 unspecified atom stereocenters. The van der Waals surface area contributed by atoms with Crippen molar-refractivity contribution in [2.45, 2.75) is 25.5 Å². The van der Waals surface area contributed by atoms with Gasteiger partial charge in [-0.15, -0.1) is 0 Å². The Morgan fingerprint density at radius 1 is 1.35 bits per heavy atom. The van der Waals surface area contributed by atoms with Crippen LogP contribution in [0.15, 0.2) is 30.5 Å². The molecule has 0 bridgehead atoms. The molecule has 1 aromatic carbocycles. The number of pyridine rings is 1. The van der Waals surface area contributed by atoms with Crippen LogP contribution in [0.1, 0.15) is 19.8 Å². The van der Waals surface area contributed by atoms with Gasteiger partial charge in [-0.3, -0.25) is 24.8 Å². The summed E-state index contributed by atoms with van der Waals surface area (Å²) in [7, 11) is 1.22. The average Bonchev–Trinajstić information content (AvgIpc) is 3.06. The third kappa shape index (κ3) is 2.71. The zero-order valence-corrected chi connectivity index (χ0v) is 14.3. The van der Waals surface area contributed by atoms with Crippen molar-refractivity contribution in [1.29, 1.82) is 0 Å². The maximum Gasteiger partial charge on any atom is 0.372 e. The summed E-state index contributed by atoms with van der Waals surface area (Å²) in [5.41, 5.74) is -1.50. The van der Waals surface area contributed by atoms with Crippen molar-refractivity contribution in [1.82, 2.24) is 9.88 Å². The number of ether oxygens (including phenoxy) is 2. The zero-order chi connectivity index (χ0) is 18.9. The molecule has 0 aliphatic carbocycles. The van der Waals surface area contributed by atoms with Gasteiger partial charge in [-0.05, 0) is 24.6 Å². The molecule has 1 aliphatic rings. The first kappa shape index (κ1) is 17.6. The van der Waals surface area contributed by atoms with Gasteiger partial charge in [0.2, 0.25) is 5.91 Å². The standard InChI is InChI=1S/C17H17N3O6/c1-11(21)19-10-4-8-17(19,16(22)25-2)26-14-7-6-13(20(23)24)12-5-3-9-18-15(12)14/h3,5-7,9H,4,8,10H2,1-2H3/t17-/m1/s1. The fourth-order valence-corrected chi connectivity index (χ4v) is 3.28. The molecule has 1 aliphatic heterocycles. The second kappa shape index (κ2) is 6.58. The number of esters is 1. The van der Waals surface area contributed by atoms with Crippen LogP contribution in [0.2, 0.25) is 0 Å². The molecule has 2 aromatic rings. The second-order valence-electron chi connectivity index (χ2n) is 5.89. The Kier molecular flexibility index (Phi) is 4.45. The molecule has 0 saturated carbocycles. The van der Waals surface area contributed by atoms with Crippen LogP contribution in [0.25, 0.3) is 10.9 Å². The van der Waals surface area contributed by atoms with Gasteiger partial charge in [0.05, 0.1) is 17.4 Å². The van der Waals surface area contributed by atoms with Crippen LogP contribution < -0.4 is 4.74 Å². The molecule has 0 radical (unpaired) electrons. The molecular formula is C17H17N3O6.